The first kappa shape index (κ1) is 19.8. The quantitative estimate of drug-likeness (QED) is 0.599. The Kier molecular flexibility index (Phi) is 6.58. The zero-order chi connectivity index (χ0) is 19.9. The number of hydrogen-bond donors (Lipinski definition) is 1. The number of nitrogens with zero attached hydrogens (tertiary/aromatic N) is 3. The molecule has 1 heterocycles. The maximum absolute atomic E-state index is 13.8. The summed E-state index contributed by atoms with van der Waals surface area (Å²) in [6, 6.07) is 19.5. The van der Waals surface area contributed by atoms with Crippen LogP contribution in [0.3, 0.4) is 0 Å². The first-order chi connectivity index (χ1) is 13.5. The van der Waals surface area contributed by atoms with Gasteiger partial charge in [-0.3, -0.25) is 0 Å². The molecule has 0 fully saturated rings. The molecule has 5 heteroatoms. The zero-order valence-electron chi connectivity index (χ0n) is 16.7. The normalized spacial score (nSPS) is 10.9. The molecule has 4 nitrogen and oxygen atoms in total. The van der Waals surface area contributed by atoms with Crippen molar-refractivity contribution in [2.45, 2.75) is 39.8 Å². The number of benzene rings is 2. The van der Waals surface area contributed by atoms with Crippen molar-refractivity contribution in [1.82, 2.24) is 9.97 Å². The van der Waals surface area contributed by atoms with Crippen LogP contribution in [-0.2, 0) is 13.0 Å². The van der Waals surface area contributed by atoms with E-state index >= 15 is 0 Å². The Balaban J connectivity index is 1.73. The van der Waals surface area contributed by atoms with Gasteiger partial charge in [-0.25, -0.2) is 14.4 Å². The Morgan fingerprint density at radius 3 is 2.43 bits per heavy atom. The van der Waals surface area contributed by atoms with Crippen molar-refractivity contribution in [3.63, 3.8) is 0 Å². The molecule has 0 spiro atoms. The van der Waals surface area contributed by atoms with Gasteiger partial charge in [0.2, 0.25) is 0 Å². The Labute approximate surface area is 166 Å². The van der Waals surface area contributed by atoms with E-state index in [1.54, 1.807) is 6.07 Å². The maximum Gasteiger partial charge on any atom is 0.134 e. The van der Waals surface area contributed by atoms with Crippen LogP contribution in [0.25, 0.3) is 0 Å². The van der Waals surface area contributed by atoms with Crippen LogP contribution in [0.2, 0.25) is 0 Å². The molecule has 1 aromatic heterocycles. The van der Waals surface area contributed by atoms with E-state index in [1.807, 2.05) is 31.2 Å². The van der Waals surface area contributed by atoms with Gasteiger partial charge < -0.3 is 10.2 Å². The van der Waals surface area contributed by atoms with E-state index < -0.39 is 0 Å². The smallest absolute Gasteiger partial charge is 0.134 e. The van der Waals surface area contributed by atoms with Gasteiger partial charge in [0.25, 0.3) is 0 Å². The monoisotopic (exact) mass is 378 g/mol. The Morgan fingerprint density at radius 2 is 1.71 bits per heavy atom. The topological polar surface area (TPSA) is 41.1 Å². The molecule has 0 radical (unpaired) electrons. The molecule has 0 amide bonds. The van der Waals surface area contributed by atoms with Crippen LogP contribution < -0.4 is 10.2 Å². The lowest BCUT2D eigenvalue weighted by atomic mass is 10.1. The summed E-state index contributed by atoms with van der Waals surface area (Å²) in [6.07, 6.45) is 0.600. The minimum absolute atomic E-state index is 0.169. The molecule has 0 aliphatic rings. The van der Waals surface area contributed by atoms with Crippen LogP contribution in [0.5, 0.6) is 0 Å². The van der Waals surface area contributed by atoms with E-state index in [2.05, 4.69) is 58.3 Å². The highest BCUT2D eigenvalue weighted by Crippen LogP contribution is 2.21. The van der Waals surface area contributed by atoms with Crippen molar-refractivity contribution in [3.05, 3.63) is 83.4 Å². The molecule has 3 rings (SSSR count). The van der Waals surface area contributed by atoms with Gasteiger partial charge >= 0.3 is 0 Å². The third-order valence-corrected chi connectivity index (χ3v) is 4.60. The highest BCUT2D eigenvalue weighted by molar-refractivity contribution is 5.50. The SMILES string of the molecule is Cc1nc(NCCc2ccccc2F)cc(N(Cc2ccccc2)C(C)C)n1. The number of nitrogens with one attached hydrogen (secondary N) is 1. The summed E-state index contributed by atoms with van der Waals surface area (Å²) in [6.45, 7) is 7.60. The van der Waals surface area contributed by atoms with Crippen molar-refractivity contribution < 1.29 is 4.39 Å². The molecule has 0 atom stereocenters. The second-order valence-electron chi connectivity index (χ2n) is 7.13. The van der Waals surface area contributed by atoms with Crippen molar-refractivity contribution in [2.24, 2.45) is 0 Å². The fraction of sp³-hybridized carbons (Fsp3) is 0.304. The summed E-state index contributed by atoms with van der Waals surface area (Å²) in [5.41, 5.74) is 1.94. The van der Waals surface area contributed by atoms with Gasteiger partial charge in [0.05, 0.1) is 0 Å². The van der Waals surface area contributed by atoms with Crippen LogP contribution in [0.15, 0.2) is 60.7 Å². The predicted molar refractivity (Wildman–Crippen MR) is 113 cm³/mol. The molecule has 0 saturated carbocycles. The molecular weight excluding hydrogens is 351 g/mol. The van der Waals surface area contributed by atoms with Crippen LogP contribution >= 0.6 is 0 Å². The molecule has 146 valence electrons. The molecule has 0 unspecified atom stereocenters. The van der Waals surface area contributed by atoms with Gasteiger partial charge in [0.1, 0.15) is 23.3 Å². The molecule has 1 N–H and O–H groups in total. The second kappa shape index (κ2) is 9.31. The molecular formula is C23H27FN4. The summed E-state index contributed by atoms with van der Waals surface area (Å²) < 4.78 is 13.8. The highest BCUT2D eigenvalue weighted by atomic mass is 19.1. The summed E-state index contributed by atoms with van der Waals surface area (Å²) in [4.78, 5) is 11.4. The predicted octanol–water partition coefficient (Wildman–Crippen LogP) is 4.99. The number of aryl methyl sites for hydroxylation is 1. The number of aromatic nitrogens is 2. The molecule has 0 aliphatic carbocycles. The number of rotatable bonds is 8. The highest BCUT2D eigenvalue weighted by Gasteiger charge is 2.14. The van der Waals surface area contributed by atoms with Crippen molar-refractivity contribution in [3.8, 4) is 0 Å². The fourth-order valence-corrected chi connectivity index (χ4v) is 3.12. The Bertz CT molecular complexity index is 896. The van der Waals surface area contributed by atoms with Gasteiger partial charge in [0, 0.05) is 25.2 Å². The van der Waals surface area contributed by atoms with Crippen LogP contribution in [-0.4, -0.2) is 22.6 Å². The van der Waals surface area contributed by atoms with Crippen molar-refractivity contribution >= 4 is 11.6 Å². The van der Waals surface area contributed by atoms with E-state index in [9.17, 15) is 4.39 Å². The van der Waals surface area contributed by atoms with Gasteiger partial charge in [-0.2, -0.15) is 0 Å². The van der Waals surface area contributed by atoms with Crippen LogP contribution in [0, 0.1) is 12.7 Å². The minimum atomic E-state index is -0.169. The third kappa shape index (κ3) is 5.28. The van der Waals surface area contributed by atoms with Crippen LogP contribution in [0.4, 0.5) is 16.0 Å². The van der Waals surface area contributed by atoms with Crippen molar-refractivity contribution in [2.75, 3.05) is 16.8 Å². The molecule has 0 saturated heterocycles. The molecule has 28 heavy (non-hydrogen) atoms. The fourth-order valence-electron chi connectivity index (χ4n) is 3.12. The summed E-state index contributed by atoms with van der Waals surface area (Å²) in [5, 5.41) is 3.31. The molecule has 0 bridgehead atoms. The van der Waals surface area contributed by atoms with Gasteiger partial charge in [-0.05, 0) is 44.4 Å². The molecule has 2 aromatic carbocycles. The van der Waals surface area contributed by atoms with Gasteiger partial charge in [-0.1, -0.05) is 48.5 Å². The average Bonchev–Trinajstić information content (AvgIpc) is 2.68. The lowest BCUT2D eigenvalue weighted by Crippen LogP contribution is -2.31. The van der Waals surface area contributed by atoms with Crippen LogP contribution in [0.1, 0.15) is 30.8 Å². The summed E-state index contributed by atoms with van der Waals surface area (Å²) in [5.74, 6) is 2.19. The van der Waals surface area contributed by atoms with E-state index in [-0.39, 0.29) is 5.82 Å². The van der Waals surface area contributed by atoms with E-state index in [1.165, 1.54) is 11.6 Å². The maximum atomic E-state index is 13.8. The lowest BCUT2D eigenvalue weighted by Gasteiger charge is -2.28. The van der Waals surface area contributed by atoms with Gasteiger partial charge in [0.15, 0.2) is 0 Å². The van der Waals surface area contributed by atoms with Gasteiger partial charge in [-0.15, -0.1) is 0 Å². The summed E-state index contributed by atoms with van der Waals surface area (Å²) >= 11 is 0. The lowest BCUT2D eigenvalue weighted by molar-refractivity contribution is 0.610. The first-order valence-corrected chi connectivity index (χ1v) is 9.66. The minimum Gasteiger partial charge on any atom is -0.370 e. The van der Waals surface area contributed by atoms with E-state index in [0.29, 0.717) is 30.4 Å². The molecule has 0 aliphatic heterocycles. The third-order valence-electron chi connectivity index (χ3n) is 4.60. The van der Waals surface area contributed by atoms with E-state index in [0.717, 1.165) is 18.2 Å². The van der Waals surface area contributed by atoms with E-state index in [4.69, 9.17) is 0 Å². The molecule has 3 aromatic rings. The number of anilines is 2. The average molecular weight is 378 g/mol. The second-order valence-corrected chi connectivity index (χ2v) is 7.13. The first-order valence-electron chi connectivity index (χ1n) is 9.66. The Hall–Kier alpha value is -2.95. The van der Waals surface area contributed by atoms with Crippen molar-refractivity contribution in [1.29, 1.82) is 0 Å². The largest absolute Gasteiger partial charge is 0.370 e. The Morgan fingerprint density at radius 1 is 1.00 bits per heavy atom. The standard InChI is InChI=1S/C23H27FN4/c1-17(2)28(16-19-9-5-4-6-10-19)23-15-22(26-18(3)27-23)25-14-13-20-11-7-8-12-21(20)24/h4-12,15,17H,13-14,16H2,1-3H3,(H,25,26,27). The number of halogens is 1. The zero-order valence-corrected chi connectivity index (χ0v) is 16.7. The number of hydrogen-bond acceptors (Lipinski definition) is 4. The summed E-state index contributed by atoms with van der Waals surface area (Å²) in [7, 11) is 0.